The molecule has 0 bridgehead atoms. The van der Waals surface area contributed by atoms with Gasteiger partial charge in [0.2, 0.25) is 0 Å². The summed E-state index contributed by atoms with van der Waals surface area (Å²) >= 11 is 0. The van der Waals surface area contributed by atoms with E-state index in [9.17, 15) is 0 Å². The number of nitrogens with zero attached hydrogens (tertiary/aromatic N) is 1. The van der Waals surface area contributed by atoms with Crippen molar-refractivity contribution >= 4 is 0 Å². The van der Waals surface area contributed by atoms with Gasteiger partial charge in [0.1, 0.15) is 0 Å². The summed E-state index contributed by atoms with van der Waals surface area (Å²) in [6.07, 6.45) is 0. The molecule has 0 unspecified atom stereocenters. The molecule has 0 rings (SSSR count). The van der Waals surface area contributed by atoms with Gasteiger partial charge in [-0.05, 0) is 6.92 Å². The van der Waals surface area contributed by atoms with Crippen LogP contribution in [0.2, 0.25) is 0 Å². The van der Waals surface area contributed by atoms with Crippen LogP contribution in [-0.4, -0.2) is 30.7 Å². The lowest BCUT2D eigenvalue weighted by molar-refractivity contribution is -0.934. The van der Waals surface area contributed by atoms with Crippen LogP contribution in [0.3, 0.4) is 0 Å². The van der Waals surface area contributed by atoms with E-state index >= 15 is 0 Å². The Balaban J connectivity index is 4.59. The van der Waals surface area contributed by atoms with Gasteiger partial charge in [-0.3, -0.25) is 0 Å². The van der Waals surface area contributed by atoms with Crippen LogP contribution in [0.5, 0.6) is 0 Å². The molecule has 0 amide bonds. The molecule has 0 heterocycles. The first kappa shape index (κ1) is 15.0. The molecular weight excluding hydrogens is 182 g/mol. The largest absolute Gasteiger partial charge is 0.323 e. The van der Waals surface area contributed by atoms with Crippen molar-refractivity contribution in [2.24, 2.45) is 17.8 Å². The van der Waals surface area contributed by atoms with E-state index in [-0.39, 0.29) is 0 Å². The summed E-state index contributed by atoms with van der Waals surface area (Å²) in [6, 6.07) is 0. The fourth-order valence-electron chi connectivity index (χ4n) is 2.93. The highest BCUT2D eigenvalue weighted by Gasteiger charge is 2.28. The summed E-state index contributed by atoms with van der Waals surface area (Å²) in [5.74, 6) is 2.42. The van der Waals surface area contributed by atoms with Crippen LogP contribution in [-0.2, 0) is 0 Å². The monoisotopic (exact) mass is 214 g/mol. The zero-order valence-corrected chi connectivity index (χ0v) is 12.0. The van der Waals surface area contributed by atoms with E-state index in [1.165, 1.54) is 30.7 Å². The molecular formula is C14H32N+. The molecule has 0 fully saturated rings. The standard InChI is InChI=1S/C14H32N/c1-8-15(9-12(2)3,10-13(4)5)11-14(6)7/h12-14H,8-11H2,1-7H3/q+1. The normalized spacial score (nSPS) is 13.2. The molecule has 0 spiro atoms. The molecule has 0 aliphatic carbocycles. The van der Waals surface area contributed by atoms with Gasteiger partial charge in [0.15, 0.2) is 0 Å². The van der Waals surface area contributed by atoms with Gasteiger partial charge in [0, 0.05) is 17.8 Å². The van der Waals surface area contributed by atoms with E-state index in [1.54, 1.807) is 0 Å². The molecule has 0 aliphatic heterocycles. The SMILES string of the molecule is CC[N+](CC(C)C)(CC(C)C)CC(C)C. The molecule has 1 heteroatoms. The Labute approximate surface area is 97.5 Å². The number of hydrogen-bond donors (Lipinski definition) is 0. The predicted molar refractivity (Wildman–Crippen MR) is 69.9 cm³/mol. The van der Waals surface area contributed by atoms with Crippen molar-refractivity contribution < 1.29 is 4.48 Å². The van der Waals surface area contributed by atoms with Crippen molar-refractivity contribution in [3.63, 3.8) is 0 Å². The highest BCUT2D eigenvalue weighted by atomic mass is 15.3. The minimum atomic E-state index is 0.808. The molecule has 0 N–H and O–H groups in total. The Morgan fingerprint density at radius 3 is 1.07 bits per heavy atom. The first-order valence-electron chi connectivity index (χ1n) is 6.66. The quantitative estimate of drug-likeness (QED) is 0.566. The summed E-state index contributed by atoms with van der Waals surface area (Å²) in [6.45, 7) is 21.8. The minimum Gasteiger partial charge on any atom is -0.323 e. The van der Waals surface area contributed by atoms with Gasteiger partial charge >= 0.3 is 0 Å². The van der Waals surface area contributed by atoms with Crippen LogP contribution >= 0.6 is 0 Å². The van der Waals surface area contributed by atoms with Gasteiger partial charge < -0.3 is 4.48 Å². The summed E-state index contributed by atoms with van der Waals surface area (Å²) in [5.41, 5.74) is 0. The first-order chi connectivity index (χ1) is 6.81. The molecule has 0 atom stereocenters. The van der Waals surface area contributed by atoms with Crippen LogP contribution in [0.4, 0.5) is 0 Å². The Kier molecular flexibility index (Phi) is 6.51. The smallest absolute Gasteiger partial charge is 0.0809 e. The van der Waals surface area contributed by atoms with Crippen molar-refractivity contribution in [3.05, 3.63) is 0 Å². The third-order valence-corrected chi connectivity index (χ3v) is 2.93. The van der Waals surface area contributed by atoms with Gasteiger partial charge in [0.05, 0.1) is 26.2 Å². The predicted octanol–water partition coefficient (Wildman–Crippen LogP) is 3.79. The number of rotatable bonds is 7. The molecule has 0 radical (unpaired) electrons. The number of hydrogen-bond acceptors (Lipinski definition) is 0. The second kappa shape index (κ2) is 6.52. The van der Waals surface area contributed by atoms with E-state index in [4.69, 9.17) is 0 Å². The molecule has 0 aromatic carbocycles. The molecule has 1 nitrogen and oxygen atoms in total. The van der Waals surface area contributed by atoms with Crippen molar-refractivity contribution in [1.82, 2.24) is 0 Å². The van der Waals surface area contributed by atoms with Crippen LogP contribution in [0.1, 0.15) is 48.5 Å². The van der Waals surface area contributed by atoms with Crippen molar-refractivity contribution in [3.8, 4) is 0 Å². The first-order valence-corrected chi connectivity index (χ1v) is 6.66. The Morgan fingerprint density at radius 2 is 0.933 bits per heavy atom. The molecule has 0 aliphatic rings. The summed E-state index contributed by atoms with van der Waals surface area (Å²) < 4.78 is 1.31. The number of quaternary nitrogens is 1. The van der Waals surface area contributed by atoms with Crippen LogP contribution in [0.25, 0.3) is 0 Å². The highest BCUT2D eigenvalue weighted by molar-refractivity contribution is 4.53. The third kappa shape index (κ3) is 6.19. The summed E-state index contributed by atoms with van der Waals surface area (Å²) in [5, 5.41) is 0. The van der Waals surface area contributed by atoms with Gasteiger partial charge in [0.25, 0.3) is 0 Å². The molecule has 92 valence electrons. The average Bonchev–Trinajstić information content (AvgIpc) is 1.99. The topological polar surface area (TPSA) is 0 Å². The lowest BCUT2D eigenvalue weighted by Crippen LogP contribution is -2.54. The summed E-state index contributed by atoms with van der Waals surface area (Å²) in [4.78, 5) is 0. The maximum absolute atomic E-state index is 2.35. The Bertz CT molecular complexity index is 132. The maximum Gasteiger partial charge on any atom is 0.0809 e. The van der Waals surface area contributed by atoms with Crippen LogP contribution in [0, 0.1) is 17.8 Å². The van der Waals surface area contributed by atoms with Gasteiger partial charge in [-0.1, -0.05) is 41.5 Å². The zero-order chi connectivity index (χ0) is 12.1. The van der Waals surface area contributed by atoms with E-state index in [2.05, 4.69) is 48.5 Å². The second-order valence-electron chi connectivity index (χ2n) is 6.39. The van der Waals surface area contributed by atoms with E-state index in [0.717, 1.165) is 17.8 Å². The Morgan fingerprint density at radius 1 is 0.667 bits per heavy atom. The molecule has 15 heavy (non-hydrogen) atoms. The van der Waals surface area contributed by atoms with Crippen molar-refractivity contribution in [1.29, 1.82) is 0 Å². The molecule has 0 saturated carbocycles. The second-order valence-corrected chi connectivity index (χ2v) is 6.39. The third-order valence-electron chi connectivity index (χ3n) is 2.93. The van der Waals surface area contributed by atoms with Gasteiger partial charge in [-0.15, -0.1) is 0 Å². The lowest BCUT2D eigenvalue weighted by Gasteiger charge is -2.42. The van der Waals surface area contributed by atoms with E-state index < -0.39 is 0 Å². The summed E-state index contributed by atoms with van der Waals surface area (Å²) in [7, 11) is 0. The zero-order valence-electron chi connectivity index (χ0n) is 12.0. The van der Waals surface area contributed by atoms with Crippen LogP contribution in [0.15, 0.2) is 0 Å². The van der Waals surface area contributed by atoms with Gasteiger partial charge in [-0.25, -0.2) is 0 Å². The lowest BCUT2D eigenvalue weighted by atomic mass is 10.0. The van der Waals surface area contributed by atoms with Crippen molar-refractivity contribution in [2.45, 2.75) is 48.5 Å². The van der Waals surface area contributed by atoms with Crippen molar-refractivity contribution in [2.75, 3.05) is 26.2 Å². The molecule has 0 aromatic rings. The van der Waals surface area contributed by atoms with Gasteiger partial charge in [-0.2, -0.15) is 0 Å². The van der Waals surface area contributed by atoms with E-state index in [0.29, 0.717) is 0 Å². The van der Waals surface area contributed by atoms with Crippen LogP contribution < -0.4 is 0 Å². The Hall–Kier alpha value is -0.0400. The van der Waals surface area contributed by atoms with E-state index in [1.807, 2.05) is 0 Å². The highest BCUT2D eigenvalue weighted by Crippen LogP contribution is 2.18. The molecule has 0 saturated heterocycles. The average molecular weight is 214 g/mol. The fourth-order valence-corrected chi connectivity index (χ4v) is 2.93. The molecule has 0 aromatic heterocycles. The maximum atomic E-state index is 2.35. The fraction of sp³-hybridized carbons (Fsp3) is 1.00. The minimum absolute atomic E-state index is 0.808.